The molecule has 6 nitrogen and oxygen atoms in total. The van der Waals surface area contributed by atoms with Crippen molar-refractivity contribution in [2.24, 2.45) is 22.0 Å². The van der Waals surface area contributed by atoms with Crippen molar-refractivity contribution in [3.63, 3.8) is 0 Å². The molecule has 0 fully saturated rings. The van der Waals surface area contributed by atoms with E-state index < -0.39 is 0 Å². The molecule has 0 spiro atoms. The van der Waals surface area contributed by atoms with Gasteiger partial charge < -0.3 is 10.3 Å². The van der Waals surface area contributed by atoms with Crippen LogP contribution in [0.1, 0.15) is 44.7 Å². The van der Waals surface area contributed by atoms with Crippen molar-refractivity contribution in [3.05, 3.63) is 29.3 Å². The van der Waals surface area contributed by atoms with Crippen molar-refractivity contribution < 1.29 is 4.79 Å². The molecule has 2 aliphatic heterocycles. The van der Waals surface area contributed by atoms with E-state index >= 15 is 0 Å². The van der Waals surface area contributed by atoms with E-state index in [4.69, 9.17) is 5.84 Å². The van der Waals surface area contributed by atoms with Gasteiger partial charge in [0, 0.05) is 36.9 Å². The van der Waals surface area contributed by atoms with E-state index in [1.807, 2.05) is 19.2 Å². The Hall–Kier alpha value is -1.92. The number of anilines is 1. The van der Waals surface area contributed by atoms with Gasteiger partial charge in [-0.2, -0.15) is 5.10 Å². The highest BCUT2D eigenvalue weighted by atomic mass is 35.5. The van der Waals surface area contributed by atoms with Crippen LogP contribution in [0.5, 0.6) is 0 Å². The van der Waals surface area contributed by atoms with Crippen LogP contribution >= 0.6 is 12.4 Å². The topological polar surface area (TPSA) is 83.1 Å². The van der Waals surface area contributed by atoms with Crippen LogP contribution < -0.4 is 16.2 Å². The summed E-state index contributed by atoms with van der Waals surface area (Å²) < 4.78 is 0. The maximum Gasteiger partial charge on any atom is 0.227 e. The van der Waals surface area contributed by atoms with Crippen LogP contribution in [-0.4, -0.2) is 24.5 Å². The minimum atomic E-state index is -0.180. The highest BCUT2D eigenvalue weighted by molar-refractivity contribution is 6.07. The van der Waals surface area contributed by atoms with Crippen molar-refractivity contribution in [3.8, 4) is 0 Å². The van der Waals surface area contributed by atoms with Gasteiger partial charge in [-0.15, -0.1) is 17.5 Å². The molecule has 0 bridgehead atoms. The normalized spacial score (nSPS) is 22.1. The van der Waals surface area contributed by atoms with E-state index in [9.17, 15) is 4.79 Å². The zero-order chi connectivity index (χ0) is 16.8. The molecule has 1 atom stereocenters. The number of nitrogens with two attached hydrogens (primary N) is 1. The summed E-state index contributed by atoms with van der Waals surface area (Å²) in [5.41, 5.74) is 6.58. The second-order valence-corrected chi connectivity index (χ2v) is 7.03. The van der Waals surface area contributed by atoms with Gasteiger partial charge in [0.25, 0.3) is 0 Å². The molecule has 0 aliphatic carbocycles. The Balaban J connectivity index is 0.00000208. The Labute approximate surface area is 148 Å². The smallest absolute Gasteiger partial charge is 0.227 e. The van der Waals surface area contributed by atoms with Crippen LogP contribution in [0, 0.1) is 5.92 Å². The van der Waals surface area contributed by atoms with Crippen LogP contribution in [0.4, 0.5) is 5.69 Å². The van der Waals surface area contributed by atoms with E-state index in [0.717, 1.165) is 23.4 Å². The lowest BCUT2D eigenvalue weighted by Crippen LogP contribution is -2.39. The monoisotopic (exact) mass is 349 g/mol. The van der Waals surface area contributed by atoms with Gasteiger partial charge in [0.15, 0.2) is 0 Å². The van der Waals surface area contributed by atoms with Gasteiger partial charge in [-0.05, 0) is 23.3 Å². The first kappa shape index (κ1) is 18.4. The summed E-state index contributed by atoms with van der Waals surface area (Å²) in [5, 5.41) is 8.48. The lowest BCUT2D eigenvalue weighted by Gasteiger charge is -2.37. The standard InChI is InChI=1S/C17H23N5O.ClH/c1-10-7-14(19-18)20-21-16(10)11-5-6-13-12(8-11)17(2,3)9-15(23)22(13)4;/h5-6,8,10H,7,9,18H2,1-4H3,(H,19,20);1H. The van der Waals surface area contributed by atoms with Crippen molar-refractivity contribution >= 4 is 35.5 Å². The molecule has 1 aromatic rings. The van der Waals surface area contributed by atoms with Crippen LogP contribution in [0.15, 0.2) is 28.4 Å². The van der Waals surface area contributed by atoms with Gasteiger partial charge in [-0.1, -0.05) is 26.8 Å². The highest BCUT2D eigenvalue weighted by Crippen LogP contribution is 2.40. The molecule has 1 aromatic carbocycles. The Morgan fingerprint density at radius 3 is 2.67 bits per heavy atom. The predicted octanol–water partition coefficient (Wildman–Crippen LogP) is 2.36. The fourth-order valence-corrected chi connectivity index (χ4v) is 3.33. The molecule has 2 aliphatic rings. The number of carbonyl (C=O) groups excluding carboxylic acids is 1. The zero-order valence-electron chi connectivity index (χ0n) is 14.5. The second kappa shape index (κ2) is 6.53. The number of nitrogens with zero attached hydrogens (tertiary/aromatic N) is 3. The van der Waals surface area contributed by atoms with Gasteiger partial charge in [-0.25, -0.2) is 5.84 Å². The third kappa shape index (κ3) is 3.03. The number of hydrogen-bond donors (Lipinski definition) is 2. The number of amides is 1. The molecule has 3 rings (SSSR count). The van der Waals surface area contributed by atoms with E-state index in [1.165, 1.54) is 5.56 Å². The van der Waals surface area contributed by atoms with Gasteiger partial charge in [0.2, 0.25) is 5.91 Å². The minimum Gasteiger partial charge on any atom is -0.315 e. The molecular formula is C17H24ClN5O. The molecule has 24 heavy (non-hydrogen) atoms. The molecular weight excluding hydrogens is 326 g/mol. The molecule has 7 heteroatoms. The van der Waals surface area contributed by atoms with Crippen LogP contribution in [0.2, 0.25) is 0 Å². The Morgan fingerprint density at radius 1 is 1.33 bits per heavy atom. The molecule has 3 N–H and O–H groups in total. The summed E-state index contributed by atoms with van der Waals surface area (Å²) in [4.78, 5) is 13.9. The summed E-state index contributed by atoms with van der Waals surface area (Å²) in [6.45, 7) is 6.34. The first-order valence-electron chi connectivity index (χ1n) is 7.86. The lowest BCUT2D eigenvalue weighted by molar-refractivity contribution is -0.119. The van der Waals surface area contributed by atoms with Gasteiger partial charge in [0.1, 0.15) is 5.84 Å². The number of fused-ring (bicyclic) bond motifs is 1. The first-order valence-corrected chi connectivity index (χ1v) is 7.86. The van der Waals surface area contributed by atoms with Gasteiger partial charge in [-0.3, -0.25) is 4.79 Å². The summed E-state index contributed by atoms with van der Waals surface area (Å²) in [7, 11) is 1.83. The Kier molecular flexibility index (Phi) is 5.01. The third-order valence-corrected chi connectivity index (χ3v) is 4.76. The molecule has 2 heterocycles. The van der Waals surface area contributed by atoms with Gasteiger partial charge >= 0.3 is 0 Å². The largest absolute Gasteiger partial charge is 0.315 e. The van der Waals surface area contributed by atoms with Crippen molar-refractivity contribution in [1.29, 1.82) is 0 Å². The van der Waals surface area contributed by atoms with Crippen LogP contribution in [0.3, 0.4) is 0 Å². The summed E-state index contributed by atoms with van der Waals surface area (Å²) in [6, 6.07) is 6.19. The average Bonchev–Trinajstić information content (AvgIpc) is 2.52. The quantitative estimate of drug-likeness (QED) is 0.603. The third-order valence-electron chi connectivity index (χ3n) is 4.76. The number of amidine groups is 1. The van der Waals surface area contributed by atoms with Crippen LogP contribution in [0.25, 0.3) is 0 Å². The minimum absolute atomic E-state index is 0. The number of nitrogens with one attached hydrogen (secondary N) is 1. The van der Waals surface area contributed by atoms with Crippen molar-refractivity contribution in [2.75, 3.05) is 11.9 Å². The molecule has 130 valence electrons. The molecule has 1 unspecified atom stereocenters. The van der Waals surface area contributed by atoms with E-state index in [0.29, 0.717) is 12.3 Å². The van der Waals surface area contributed by atoms with E-state index in [1.54, 1.807) is 4.90 Å². The molecule has 1 amide bonds. The Bertz CT molecular complexity index is 726. The SMILES string of the molecule is CC1CC(NN)=NN=C1c1ccc2c(c1)C(C)(C)CC(=O)N2C.Cl. The Morgan fingerprint density at radius 2 is 2.04 bits per heavy atom. The van der Waals surface area contributed by atoms with Crippen molar-refractivity contribution in [2.45, 2.75) is 39.0 Å². The molecule has 0 aromatic heterocycles. The number of halogens is 1. The second-order valence-electron chi connectivity index (χ2n) is 7.03. The number of rotatable bonds is 1. The van der Waals surface area contributed by atoms with Crippen molar-refractivity contribution in [1.82, 2.24) is 5.43 Å². The summed E-state index contributed by atoms with van der Waals surface area (Å²) in [6.07, 6.45) is 1.26. The highest BCUT2D eigenvalue weighted by Gasteiger charge is 2.35. The summed E-state index contributed by atoms with van der Waals surface area (Å²) in [5.74, 6) is 6.51. The maximum atomic E-state index is 12.1. The number of carbonyl (C=O) groups is 1. The van der Waals surface area contributed by atoms with Crippen LogP contribution in [-0.2, 0) is 10.2 Å². The first-order chi connectivity index (χ1) is 10.8. The molecule has 0 saturated heterocycles. The predicted molar refractivity (Wildman–Crippen MR) is 99.8 cm³/mol. The van der Waals surface area contributed by atoms with E-state index in [2.05, 4.69) is 42.5 Å². The fraction of sp³-hybridized carbons (Fsp3) is 0.471. The molecule has 0 saturated carbocycles. The van der Waals surface area contributed by atoms with E-state index in [-0.39, 0.29) is 29.6 Å². The molecule has 0 radical (unpaired) electrons. The number of benzene rings is 1. The van der Waals surface area contributed by atoms with Gasteiger partial charge in [0.05, 0.1) is 5.71 Å². The average molecular weight is 350 g/mol. The maximum absolute atomic E-state index is 12.1. The number of hydrogen-bond acceptors (Lipinski definition) is 5. The zero-order valence-corrected chi connectivity index (χ0v) is 15.3. The lowest BCUT2D eigenvalue weighted by atomic mass is 9.76. The summed E-state index contributed by atoms with van der Waals surface area (Å²) >= 11 is 0. The fourth-order valence-electron chi connectivity index (χ4n) is 3.33. The number of hydrazine groups is 1.